The van der Waals surface area contributed by atoms with E-state index in [1.807, 2.05) is 24.4 Å². The number of aromatic amines is 1. The summed E-state index contributed by atoms with van der Waals surface area (Å²) in [6.45, 7) is 1.13. The second-order valence-corrected chi connectivity index (χ2v) is 5.83. The van der Waals surface area contributed by atoms with E-state index in [0.717, 1.165) is 44.6 Å². The number of hydrogen-bond acceptors (Lipinski definition) is 5. The molecular formula is C19H12N4O2. The van der Waals surface area contributed by atoms with Crippen LogP contribution in [0.25, 0.3) is 33.1 Å². The van der Waals surface area contributed by atoms with Gasteiger partial charge in [-0.15, -0.1) is 0 Å². The number of H-pyrrole nitrogens is 1. The number of ether oxygens (including phenoxy) is 2. The maximum absolute atomic E-state index is 9.09. The molecule has 3 aromatic heterocycles. The Morgan fingerprint density at radius 1 is 0.920 bits per heavy atom. The minimum Gasteiger partial charge on any atom is -0.486 e. The van der Waals surface area contributed by atoms with Crippen LogP contribution < -0.4 is 9.47 Å². The molecule has 0 spiro atoms. The quantitative estimate of drug-likeness (QED) is 0.579. The zero-order valence-electron chi connectivity index (χ0n) is 13.1. The number of rotatable bonds is 1. The van der Waals surface area contributed by atoms with E-state index in [9.17, 15) is 0 Å². The second-order valence-electron chi connectivity index (χ2n) is 5.83. The molecule has 120 valence electrons. The number of nitrogens with one attached hydrogen (secondary N) is 1. The average Bonchev–Trinajstić information content (AvgIpc) is 3.04. The van der Waals surface area contributed by atoms with Gasteiger partial charge in [0.05, 0.1) is 11.7 Å². The van der Waals surface area contributed by atoms with Crippen molar-refractivity contribution >= 4 is 21.9 Å². The van der Waals surface area contributed by atoms with E-state index >= 15 is 0 Å². The van der Waals surface area contributed by atoms with Gasteiger partial charge in [0.2, 0.25) is 0 Å². The van der Waals surface area contributed by atoms with E-state index in [4.69, 9.17) is 14.7 Å². The number of pyridine rings is 2. The Bertz CT molecular complexity index is 1170. The smallest absolute Gasteiger partial charge is 0.161 e. The second kappa shape index (κ2) is 5.21. The lowest BCUT2D eigenvalue weighted by atomic mass is 10.0. The molecule has 5 rings (SSSR count). The number of fused-ring (bicyclic) bond motifs is 4. The highest BCUT2D eigenvalue weighted by molar-refractivity contribution is 6.07. The molecule has 1 aliphatic heterocycles. The molecule has 1 N–H and O–H groups in total. The van der Waals surface area contributed by atoms with Gasteiger partial charge in [-0.05, 0) is 29.8 Å². The summed E-state index contributed by atoms with van der Waals surface area (Å²) in [5.74, 6) is 1.51. The third kappa shape index (κ3) is 2.17. The minimum atomic E-state index is 0.387. The van der Waals surface area contributed by atoms with Gasteiger partial charge in [0, 0.05) is 22.5 Å². The molecule has 6 heteroatoms. The predicted octanol–water partition coefficient (Wildman–Crippen LogP) is 3.42. The zero-order chi connectivity index (χ0) is 16.8. The molecule has 0 amide bonds. The summed E-state index contributed by atoms with van der Waals surface area (Å²) in [6, 6.07) is 11.8. The highest BCUT2D eigenvalue weighted by atomic mass is 16.6. The summed E-state index contributed by atoms with van der Waals surface area (Å²) in [5.41, 5.74) is 4.00. The Balaban J connectivity index is 1.69. The molecule has 1 aliphatic rings. The van der Waals surface area contributed by atoms with Crippen molar-refractivity contribution in [2.45, 2.75) is 0 Å². The first-order valence-corrected chi connectivity index (χ1v) is 7.89. The molecule has 0 aliphatic carbocycles. The first-order chi connectivity index (χ1) is 12.3. The number of aromatic nitrogens is 3. The third-order valence-corrected chi connectivity index (χ3v) is 4.32. The lowest BCUT2D eigenvalue weighted by molar-refractivity contribution is 0.171. The summed E-state index contributed by atoms with van der Waals surface area (Å²) in [6.07, 6.45) is 3.49. The minimum absolute atomic E-state index is 0.387. The van der Waals surface area contributed by atoms with E-state index in [0.29, 0.717) is 18.9 Å². The molecule has 1 aromatic carbocycles. The standard InChI is InChI=1S/C19H12N4O2/c20-8-13-7-14-15-5-12(9-22-19(15)23-16(14)10-21-13)11-1-2-17-18(6-11)25-4-3-24-17/h1-2,5-7,9-10H,3-4H2,(H,22,23). The normalized spacial score (nSPS) is 13.1. The Hall–Kier alpha value is -3.59. The van der Waals surface area contributed by atoms with E-state index in [-0.39, 0.29) is 0 Å². The van der Waals surface area contributed by atoms with Crippen LogP contribution in [0.1, 0.15) is 5.69 Å². The summed E-state index contributed by atoms with van der Waals surface area (Å²) < 4.78 is 11.2. The molecular weight excluding hydrogens is 316 g/mol. The number of nitrogens with zero attached hydrogens (tertiary/aromatic N) is 3. The Morgan fingerprint density at radius 3 is 2.68 bits per heavy atom. The van der Waals surface area contributed by atoms with Crippen LogP contribution >= 0.6 is 0 Å². The molecule has 4 heterocycles. The van der Waals surface area contributed by atoms with Gasteiger partial charge in [0.1, 0.15) is 30.6 Å². The molecule has 0 radical (unpaired) electrons. The largest absolute Gasteiger partial charge is 0.486 e. The molecule has 6 nitrogen and oxygen atoms in total. The maximum atomic E-state index is 9.09. The van der Waals surface area contributed by atoms with E-state index in [1.165, 1.54) is 0 Å². The Labute approximate surface area is 142 Å². The molecule has 0 bridgehead atoms. The van der Waals surface area contributed by atoms with Crippen molar-refractivity contribution in [3.8, 4) is 28.7 Å². The summed E-state index contributed by atoms with van der Waals surface area (Å²) >= 11 is 0. The monoisotopic (exact) mass is 328 g/mol. The van der Waals surface area contributed by atoms with Crippen LogP contribution in [0.15, 0.2) is 42.7 Å². The maximum Gasteiger partial charge on any atom is 0.161 e. The van der Waals surface area contributed by atoms with Crippen LogP contribution in [-0.2, 0) is 0 Å². The Morgan fingerprint density at radius 2 is 1.80 bits per heavy atom. The van der Waals surface area contributed by atoms with Gasteiger partial charge in [-0.25, -0.2) is 9.97 Å². The van der Waals surface area contributed by atoms with Gasteiger partial charge >= 0.3 is 0 Å². The molecule has 25 heavy (non-hydrogen) atoms. The van der Waals surface area contributed by atoms with Crippen LogP contribution in [0, 0.1) is 11.3 Å². The van der Waals surface area contributed by atoms with Gasteiger partial charge < -0.3 is 14.5 Å². The molecule has 0 fully saturated rings. The van der Waals surface area contributed by atoms with Gasteiger partial charge in [0.25, 0.3) is 0 Å². The Kier molecular flexibility index (Phi) is 2.88. The topological polar surface area (TPSA) is 83.8 Å². The summed E-state index contributed by atoms with van der Waals surface area (Å²) in [7, 11) is 0. The van der Waals surface area contributed by atoms with Crippen molar-refractivity contribution in [1.29, 1.82) is 5.26 Å². The lowest BCUT2D eigenvalue weighted by Gasteiger charge is -2.18. The van der Waals surface area contributed by atoms with E-state index in [2.05, 4.69) is 27.1 Å². The van der Waals surface area contributed by atoms with Gasteiger partial charge in [-0.2, -0.15) is 5.26 Å². The fourth-order valence-electron chi connectivity index (χ4n) is 3.12. The number of hydrogen-bond donors (Lipinski definition) is 1. The van der Waals surface area contributed by atoms with Crippen LogP contribution in [-0.4, -0.2) is 28.2 Å². The average molecular weight is 328 g/mol. The predicted molar refractivity (Wildman–Crippen MR) is 92.5 cm³/mol. The molecule has 4 aromatic rings. The SMILES string of the molecule is N#Cc1cc2c(cn1)[nH]c1ncc(-c3ccc4c(c3)OCCO4)cc12. The van der Waals surface area contributed by atoms with Crippen LogP contribution in [0.2, 0.25) is 0 Å². The van der Waals surface area contributed by atoms with Crippen molar-refractivity contribution in [2.75, 3.05) is 13.2 Å². The summed E-state index contributed by atoms with van der Waals surface area (Å²) in [4.78, 5) is 11.9. The highest BCUT2D eigenvalue weighted by Crippen LogP contribution is 2.35. The molecule has 0 unspecified atom stereocenters. The lowest BCUT2D eigenvalue weighted by Crippen LogP contribution is -2.15. The van der Waals surface area contributed by atoms with Crippen molar-refractivity contribution in [1.82, 2.24) is 15.0 Å². The van der Waals surface area contributed by atoms with Gasteiger partial charge in [-0.1, -0.05) is 6.07 Å². The van der Waals surface area contributed by atoms with Gasteiger partial charge in [0.15, 0.2) is 11.5 Å². The third-order valence-electron chi connectivity index (χ3n) is 4.32. The van der Waals surface area contributed by atoms with Crippen molar-refractivity contribution < 1.29 is 9.47 Å². The molecule has 0 saturated carbocycles. The number of nitriles is 1. The van der Waals surface area contributed by atoms with Crippen LogP contribution in [0.5, 0.6) is 11.5 Å². The van der Waals surface area contributed by atoms with Crippen molar-refractivity contribution in [2.24, 2.45) is 0 Å². The highest BCUT2D eigenvalue weighted by Gasteiger charge is 2.14. The van der Waals surface area contributed by atoms with Crippen LogP contribution in [0.3, 0.4) is 0 Å². The first-order valence-electron chi connectivity index (χ1n) is 7.89. The zero-order valence-corrected chi connectivity index (χ0v) is 13.1. The number of benzene rings is 1. The fourth-order valence-corrected chi connectivity index (χ4v) is 3.12. The molecule has 0 atom stereocenters. The van der Waals surface area contributed by atoms with Gasteiger partial charge in [-0.3, -0.25) is 0 Å². The fraction of sp³-hybridized carbons (Fsp3) is 0.105. The molecule has 0 saturated heterocycles. The van der Waals surface area contributed by atoms with Crippen molar-refractivity contribution in [3.05, 3.63) is 48.4 Å². The first kappa shape index (κ1) is 13.8. The van der Waals surface area contributed by atoms with E-state index < -0.39 is 0 Å². The van der Waals surface area contributed by atoms with Crippen LogP contribution in [0.4, 0.5) is 0 Å². The van der Waals surface area contributed by atoms with E-state index in [1.54, 1.807) is 12.3 Å². The van der Waals surface area contributed by atoms with Crippen molar-refractivity contribution in [3.63, 3.8) is 0 Å². The summed E-state index contributed by atoms with van der Waals surface area (Å²) in [5, 5.41) is 11.0.